The number of hydrogen-bond donors (Lipinski definition) is 0. The third kappa shape index (κ3) is 4.75. The first-order valence-corrected chi connectivity index (χ1v) is 7.30. The number of alkyl halides is 1. The molecule has 2 atom stereocenters. The smallest absolute Gasteiger partial charge is 0.259 e. The summed E-state index contributed by atoms with van der Waals surface area (Å²) in [5.41, 5.74) is -1.98. The predicted molar refractivity (Wildman–Crippen MR) is 74.8 cm³/mol. The number of hydrogen-bond acceptors (Lipinski definition) is 2. The van der Waals surface area contributed by atoms with E-state index in [1.807, 2.05) is 0 Å². The highest BCUT2D eigenvalue weighted by atomic mass is 19.1. The van der Waals surface area contributed by atoms with Crippen LogP contribution < -0.4 is 0 Å². The number of ether oxygens (including phenoxy) is 1. The molecule has 1 heterocycles. The largest absolute Gasteiger partial charge is 0.373 e. The molecule has 3 nitrogen and oxygen atoms in total. The lowest BCUT2D eigenvalue weighted by molar-refractivity contribution is -0.141. The van der Waals surface area contributed by atoms with E-state index in [4.69, 9.17) is 4.74 Å². The molecular weight excluding hydrogens is 245 g/mol. The lowest BCUT2D eigenvalue weighted by atomic mass is 9.88. The fraction of sp³-hybridized carbons (Fsp3) is 0.933. The molecule has 1 aliphatic rings. The van der Waals surface area contributed by atoms with Crippen LogP contribution in [0.4, 0.5) is 4.39 Å². The van der Waals surface area contributed by atoms with Crippen LogP contribution in [0.5, 0.6) is 0 Å². The molecule has 4 heteroatoms. The van der Waals surface area contributed by atoms with Crippen molar-refractivity contribution in [2.75, 3.05) is 19.7 Å². The molecule has 19 heavy (non-hydrogen) atoms. The van der Waals surface area contributed by atoms with Gasteiger partial charge in [-0.2, -0.15) is 0 Å². The van der Waals surface area contributed by atoms with E-state index in [9.17, 15) is 9.18 Å². The standard InChI is InChI=1S/C15H28FNO2/c1-6-12(2)11-15(5)7-8-17(9-10-19-15)13(18)14(3,4)16/h12H,6-11H2,1-5H3. The van der Waals surface area contributed by atoms with E-state index in [0.29, 0.717) is 25.6 Å². The summed E-state index contributed by atoms with van der Waals surface area (Å²) >= 11 is 0. The first-order chi connectivity index (χ1) is 8.68. The predicted octanol–water partition coefficient (Wildman–Crippen LogP) is 3.18. The van der Waals surface area contributed by atoms with Crippen molar-refractivity contribution in [1.29, 1.82) is 0 Å². The molecule has 0 saturated carbocycles. The minimum atomic E-state index is -1.79. The number of carbonyl (C=O) groups excluding carboxylic acids is 1. The molecule has 0 aromatic rings. The van der Waals surface area contributed by atoms with Crippen molar-refractivity contribution in [2.24, 2.45) is 5.92 Å². The van der Waals surface area contributed by atoms with Gasteiger partial charge in [0.15, 0.2) is 5.67 Å². The number of rotatable bonds is 4. The van der Waals surface area contributed by atoms with Gasteiger partial charge >= 0.3 is 0 Å². The Morgan fingerprint density at radius 1 is 1.47 bits per heavy atom. The second-order valence-electron chi connectivity index (χ2n) is 6.53. The minimum absolute atomic E-state index is 0.190. The van der Waals surface area contributed by atoms with E-state index >= 15 is 0 Å². The summed E-state index contributed by atoms with van der Waals surface area (Å²) in [6, 6.07) is 0. The van der Waals surface area contributed by atoms with Crippen LogP contribution in [0.2, 0.25) is 0 Å². The van der Waals surface area contributed by atoms with Gasteiger partial charge in [0, 0.05) is 13.1 Å². The summed E-state index contributed by atoms with van der Waals surface area (Å²) in [4.78, 5) is 13.6. The Balaban J connectivity index is 2.63. The Morgan fingerprint density at radius 2 is 2.11 bits per heavy atom. The van der Waals surface area contributed by atoms with E-state index in [2.05, 4.69) is 20.8 Å². The number of nitrogens with zero attached hydrogens (tertiary/aromatic N) is 1. The summed E-state index contributed by atoms with van der Waals surface area (Å²) in [5, 5.41) is 0. The van der Waals surface area contributed by atoms with Gasteiger partial charge in [0.05, 0.1) is 12.2 Å². The molecule has 0 N–H and O–H groups in total. The van der Waals surface area contributed by atoms with Crippen LogP contribution in [0.3, 0.4) is 0 Å². The normalized spacial score (nSPS) is 26.9. The molecular formula is C15H28FNO2. The molecule has 0 aromatic heterocycles. The fourth-order valence-electron chi connectivity index (χ4n) is 2.58. The minimum Gasteiger partial charge on any atom is -0.373 e. The summed E-state index contributed by atoms with van der Waals surface area (Å²) in [5.74, 6) is 0.175. The molecule has 0 spiro atoms. The second-order valence-corrected chi connectivity index (χ2v) is 6.53. The second kappa shape index (κ2) is 6.21. The van der Waals surface area contributed by atoms with Gasteiger partial charge in [-0.05, 0) is 39.5 Å². The topological polar surface area (TPSA) is 29.5 Å². The highest BCUT2D eigenvalue weighted by Gasteiger charge is 2.36. The van der Waals surface area contributed by atoms with E-state index < -0.39 is 11.6 Å². The molecule has 0 aliphatic carbocycles. The van der Waals surface area contributed by atoms with Crippen LogP contribution in [0, 0.1) is 5.92 Å². The van der Waals surface area contributed by atoms with Crippen LogP contribution >= 0.6 is 0 Å². The average molecular weight is 273 g/mol. The van der Waals surface area contributed by atoms with Crippen LogP contribution in [0.25, 0.3) is 0 Å². The lowest BCUT2D eigenvalue weighted by Gasteiger charge is -2.31. The van der Waals surface area contributed by atoms with Crippen LogP contribution in [0.15, 0.2) is 0 Å². The zero-order valence-electron chi connectivity index (χ0n) is 13.0. The van der Waals surface area contributed by atoms with Gasteiger partial charge in [-0.3, -0.25) is 4.79 Å². The molecule has 0 radical (unpaired) electrons. The molecule has 1 rings (SSSR count). The van der Waals surface area contributed by atoms with Crippen molar-refractivity contribution in [2.45, 2.75) is 65.2 Å². The first kappa shape index (κ1) is 16.4. The Kier molecular flexibility index (Phi) is 5.36. The highest BCUT2D eigenvalue weighted by Crippen LogP contribution is 2.29. The summed E-state index contributed by atoms with van der Waals surface area (Å²) in [7, 11) is 0. The molecule has 0 aromatic carbocycles. The lowest BCUT2D eigenvalue weighted by Crippen LogP contribution is -2.44. The Morgan fingerprint density at radius 3 is 2.63 bits per heavy atom. The van der Waals surface area contributed by atoms with Crippen molar-refractivity contribution >= 4 is 5.91 Å². The van der Waals surface area contributed by atoms with Gasteiger partial charge in [-0.25, -0.2) is 4.39 Å². The van der Waals surface area contributed by atoms with Crippen molar-refractivity contribution in [3.8, 4) is 0 Å². The van der Waals surface area contributed by atoms with Crippen molar-refractivity contribution in [3.05, 3.63) is 0 Å². The van der Waals surface area contributed by atoms with Gasteiger partial charge in [0.2, 0.25) is 0 Å². The van der Waals surface area contributed by atoms with Crippen molar-refractivity contribution in [1.82, 2.24) is 4.90 Å². The van der Waals surface area contributed by atoms with Gasteiger partial charge in [0.1, 0.15) is 0 Å². The van der Waals surface area contributed by atoms with E-state index in [1.54, 1.807) is 4.90 Å². The first-order valence-electron chi connectivity index (χ1n) is 7.30. The molecule has 1 amide bonds. The molecule has 1 aliphatic heterocycles. The quantitative estimate of drug-likeness (QED) is 0.787. The maximum Gasteiger partial charge on any atom is 0.259 e. The van der Waals surface area contributed by atoms with Crippen LogP contribution in [-0.2, 0) is 9.53 Å². The van der Waals surface area contributed by atoms with Gasteiger partial charge in [-0.15, -0.1) is 0 Å². The summed E-state index contributed by atoms with van der Waals surface area (Å²) < 4.78 is 19.7. The maximum atomic E-state index is 13.7. The third-order valence-electron chi connectivity index (χ3n) is 4.00. The van der Waals surface area contributed by atoms with Crippen molar-refractivity contribution < 1.29 is 13.9 Å². The van der Waals surface area contributed by atoms with Gasteiger partial charge in [-0.1, -0.05) is 20.3 Å². The Hall–Kier alpha value is -0.640. The monoisotopic (exact) mass is 273 g/mol. The zero-order chi connectivity index (χ0) is 14.7. The summed E-state index contributed by atoms with van der Waals surface area (Å²) in [6.45, 7) is 10.7. The number of amides is 1. The Labute approximate surface area is 116 Å². The third-order valence-corrected chi connectivity index (χ3v) is 4.00. The van der Waals surface area contributed by atoms with Gasteiger partial charge in [0.25, 0.3) is 5.91 Å². The number of halogens is 1. The molecule has 1 fully saturated rings. The van der Waals surface area contributed by atoms with E-state index in [0.717, 1.165) is 19.3 Å². The molecule has 0 bridgehead atoms. The average Bonchev–Trinajstić information content (AvgIpc) is 2.49. The maximum absolute atomic E-state index is 13.7. The summed E-state index contributed by atoms with van der Waals surface area (Å²) in [6.07, 6.45) is 2.89. The Bertz CT molecular complexity index is 314. The molecule has 1 saturated heterocycles. The highest BCUT2D eigenvalue weighted by molar-refractivity contribution is 5.84. The van der Waals surface area contributed by atoms with Crippen molar-refractivity contribution in [3.63, 3.8) is 0 Å². The fourth-order valence-corrected chi connectivity index (χ4v) is 2.58. The van der Waals surface area contributed by atoms with E-state index in [1.165, 1.54) is 13.8 Å². The van der Waals surface area contributed by atoms with E-state index in [-0.39, 0.29) is 5.60 Å². The SMILES string of the molecule is CCC(C)CC1(C)CCN(C(=O)C(C)(C)F)CCO1. The van der Waals surface area contributed by atoms with Crippen LogP contribution in [0.1, 0.15) is 53.9 Å². The molecule has 2 unspecified atom stereocenters. The zero-order valence-corrected chi connectivity index (χ0v) is 13.0. The molecule has 112 valence electrons. The van der Waals surface area contributed by atoms with Gasteiger partial charge < -0.3 is 9.64 Å². The number of carbonyl (C=O) groups is 1. The van der Waals surface area contributed by atoms with Crippen LogP contribution in [-0.4, -0.2) is 41.8 Å².